The number of fused-ring (bicyclic) bond motifs is 1. The third kappa shape index (κ3) is 4.29. The Bertz CT molecular complexity index is 545. The number of likely N-dealkylation sites (N-methyl/N-ethyl adjacent to an activating group) is 1. The number of nitrogens with zero attached hydrogens (tertiary/aromatic N) is 2. The normalized spacial score (nSPS) is 21.9. The summed E-state index contributed by atoms with van der Waals surface area (Å²) < 4.78 is 0. The van der Waals surface area contributed by atoms with E-state index >= 15 is 0 Å². The van der Waals surface area contributed by atoms with Crippen molar-refractivity contribution >= 4 is 11.6 Å². The number of rotatable bonds is 5. The number of para-hydroxylation sites is 1. The molecule has 0 saturated carbocycles. The molecule has 4 nitrogen and oxygen atoms in total. The summed E-state index contributed by atoms with van der Waals surface area (Å²) in [5, 5.41) is 3.17. The van der Waals surface area contributed by atoms with Gasteiger partial charge in [0, 0.05) is 25.3 Å². The van der Waals surface area contributed by atoms with Crippen molar-refractivity contribution in [3.05, 3.63) is 29.8 Å². The monoisotopic (exact) mass is 329 g/mol. The molecule has 0 bridgehead atoms. The molecule has 0 aromatic heterocycles. The lowest BCUT2D eigenvalue weighted by Gasteiger charge is -2.31. The van der Waals surface area contributed by atoms with Crippen LogP contribution in [0, 0.1) is 0 Å². The van der Waals surface area contributed by atoms with Crippen molar-refractivity contribution in [2.24, 2.45) is 0 Å². The summed E-state index contributed by atoms with van der Waals surface area (Å²) >= 11 is 0. The molecule has 3 rings (SSSR count). The van der Waals surface area contributed by atoms with Crippen molar-refractivity contribution in [2.75, 3.05) is 38.1 Å². The number of carbonyl (C=O) groups excluding carboxylic acids is 1. The Morgan fingerprint density at radius 1 is 1.17 bits per heavy atom. The van der Waals surface area contributed by atoms with Crippen molar-refractivity contribution in [2.45, 2.75) is 51.0 Å². The van der Waals surface area contributed by atoms with E-state index in [1.54, 1.807) is 0 Å². The maximum absolute atomic E-state index is 12.4. The van der Waals surface area contributed by atoms with E-state index in [0.29, 0.717) is 0 Å². The van der Waals surface area contributed by atoms with E-state index < -0.39 is 0 Å². The van der Waals surface area contributed by atoms with Crippen LogP contribution in [0.15, 0.2) is 24.3 Å². The molecule has 1 fully saturated rings. The SMILES string of the molecule is CN1CCCCC[C@H]1C(=O)NCCCN1CCCc2ccccc21. The van der Waals surface area contributed by atoms with Crippen LogP contribution in [0.2, 0.25) is 0 Å². The van der Waals surface area contributed by atoms with Crippen molar-refractivity contribution in [3.8, 4) is 0 Å². The van der Waals surface area contributed by atoms with E-state index in [-0.39, 0.29) is 11.9 Å². The van der Waals surface area contributed by atoms with Crippen LogP contribution in [-0.2, 0) is 11.2 Å². The molecule has 132 valence electrons. The zero-order valence-electron chi connectivity index (χ0n) is 15.0. The third-order valence-electron chi connectivity index (χ3n) is 5.43. The first-order chi connectivity index (χ1) is 11.8. The lowest BCUT2D eigenvalue weighted by molar-refractivity contribution is -0.126. The summed E-state index contributed by atoms with van der Waals surface area (Å²) in [6.07, 6.45) is 8.08. The predicted molar refractivity (Wildman–Crippen MR) is 99.5 cm³/mol. The molecule has 1 amide bonds. The molecule has 1 aromatic rings. The molecule has 0 aliphatic carbocycles. The smallest absolute Gasteiger partial charge is 0.237 e. The number of anilines is 1. The average Bonchev–Trinajstić information content (AvgIpc) is 2.83. The highest BCUT2D eigenvalue weighted by atomic mass is 16.2. The van der Waals surface area contributed by atoms with Gasteiger partial charge in [0.15, 0.2) is 0 Å². The van der Waals surface area contributed by atoms with Crippen LogP contribution in [0.4, 0.5) is 5.69 Å². The van der Waals surface area contributed by atoms with Crippen LogP contribution in [0.3, 0.4) is 0 Å². The molecule has 0 unspecified atom stereocenters. The molecule has 1 aromatic carbocycles. The summed E-state index contributed by atoms with van der Waals surface area (Å²) in [4.78, 5) is 17.1. The first-order valence-electron chi connectivity index (χ1n) is 9.56. The summed E-state index contributed by atoms with van der Waals surface area (Å²) in [6, 6.07) is 8.80. The molecule has 24 heavy (non-hydrogen) atoms. The number of hydrogen-bond donors (Lipinski definition) is 1. The lowest BCUT2D eigenvalue weighted by Crippen LogP contribution is -2.45. The highest BCUT2D eigenvalue weighted by Crippen LogP contribution is 2.26. The number of carbonyl (C=O) groups is 1. The summed E-state index contributed by atoms with van der Waals surface area (Å²) in [7, 11) is 2.08. The molecule has 1 N–H and O–H groups in total. The Labute approximate surface area is 146 Å². The van der Waals surface area contributed by atoms with Gasteiger partial charge in [-0.1, -0.05) is 31.0 Å². The summed E-state index contributed by atoms with van der Waals surface area (Å²) in [5.74, 6) is 0.221. The van der Waals surface area contributed by atoms with Gasteiger partial charge in [-0.15, -0.1) is 0 Å². The van der Waals surface area contributed by atoms with Gasteiger partial charge in [-0.2, -0.15) is 0 Å². The molecule has 1 atom stereocenters. The van der Waals surface area contributed by atoms with Crippen molar-refractivity contribution in [1.29, 1.82) is 0 Å². The second-order valence-electron chi connectivity index (χ2n) is 7.21. The van der Waals surface area contributed by atoms with Gasteiger partial charge in [-0.3, -0.25) is 9.69 Å². The Morgan fingerprint density at radius 2 is 2.04 bits per heavy atom. The molecule has 2 aliphatic heterocycles. The minimum Gasteiger partial charge on any atom is -0.371 e. The molecule has 2 aliphatic rings. The van der Waals surface area contributed by atoms with Gasteiger partial charge in [0.05, 0.1) is 6.04 Å². The fourth-order valence-corrected chi connectivity index (χ4v) is 4.03. The predicted octanol–water partition coefficient (Wildman–Crippen LogP) is 2.82. The fraction of sp³-hybridized carbons (Fsp3) is 0.650. The highest BCUT2D eigenvalue weighted by Gasteiger charge is 2.24. The van der Waals surface area contributed by atoms with Gasteiger partial charge in [0.2, 0.25) is 5.91 Å². The van der Waals surface area contributed by atoms with Crippen molar-refractivity contribution < 1.29 is 4.79 Å². The first-order valence-corrected chi connectivity index (χ1v) is 9.56. The number of hydrogen-bond acceptors (Lipinski definition) is 3. The van der Waals surface area contributed by atoms with Crippen LogP contribution in [-0.4, -0.2) is 50.1 Å². The van der Waals surface area contributed by atoms with Crippen LogP contribution >= 0.6 is 0 Å². The van der Waals surface area contributed by atoms with Crippen molar-refractivity contribution in [1.82, 2.24) is 10.2 Å². The van der Waals surface area contributed by atoms with Gasteiger partial charge < -0.3 is 10.2 Å². The molecule has 0 radical (unpaired) electrons. The standard InChI is InChI=1S/C20H31N3O/c1-22-14-6-2-3-12-19(22)20(24)21-13-8-16-23-15-7-10-17-9-4-5-11-18(17)23/h4-5,9,11,19H,2-3,6-8,10,12-16H2,1H3,(H,21,24)/t19-/m0/s1. The van der Waals surface area contributed by atoms with E-state index in [0.717, 1.165) is 39.0 Å². The van der Waals surface area contributed by atoms with Gasteiger partial charge >= 0.3 is 0 Å². The van der Waals surface area contributed by atoms with E-state index in [1.807, 2.05) is 0 Å². The van der Waals surface area contributed by atoms with Gasteiger partial charge in [-0.05, 0) is 57.3 Å². The Kier molecular flexibility index (Phi) is 6.13. The van der Waals surface area contributed by atoms with E-state index in [4.69, 9.17) is 0 Å². The fourth-order valence-electron chi connectivity index (χ4n) is 4.03. The highest BCUT2D eigenvalue weighted by molar-refractivity contribution is 5.81. The van der Waals surface area contributed by atoms with Gasteiger partial charge in [0.1, 0.15) is 0 Å². The largest absolute Gasteiger partial charge is 0.371 e. The van der Waals surface area contributed by atoms with Crippen molar-refractivity contribution in [3.63, 3.8) is 0 Å². The van der Waals surface area contributed by atoms with E-state index in [2.05, 4.69) is 46.4 Å². The molecular formula is C20H31N3O. The maximum atomic E-state index is 12.4. The summed E-state index contributed by atoms with van der Waals surface area (Å²) in [6.45, 7) is 3.98. The minimum absolute atomic E-state index is 0.0724. The quantitative estimate of drug-likeness (QED) is 0.844. The van der Waals surface area contributed by atoms with Crippen LogP contribution in [0.25, 0.3) is 0 Å². The third-order valence-corrected chi connectivity index (χ3v) is 5.43. The Morgan fingerprint density at radius 3 is 2.96 bits per heavy atom. The Hall–Kier alpha value is -1.55. The average molecular weight is 329 g/mol. The lowest BCUT2D eigenvalue weighted by atomic mass is 10.0. The zero-order valence-corrected chi connectivity index (χ0v) is 15.0. The number of amides is 1. The van der Waals surface area contributed by atoms with Gasteiger partial charge in [0.25, 0.3) is 0 Å². The van der Waals surface area contributed by atoms with Crippen LogP contribution in [0.5, 0.6) is 0 Å². The molecule has 4 heteroatoms. The molecule has 1 saturated heterocycles. The second-order valence-corrected chi connectivity index (χ2v) is 7.21. The van der Waals surface area contributed by atoms with E-state index in [9.17, 15) is 4.79 Å². The van der Waals surface area contributed by atoms with Crippen LogP contribution in [0.1, 0.15) is 44.1 Å². The molecule has 2 heterocycles. The molecule has 0 spiro atoms. The van der Waals surface area contributed by atoms with Gasteiger partial charge in [-0.25, -0.2) is 0 Å². The maximum Gasteiger partial charge on any atom is 0.237 e. The Balaban J connectivity index is 1.43. The van der Waals surface area contributed by atoms with Crippen LogP contribution < -0.4 is 10.2 Å². The topological polar surface area (TPSA) is 35.6 Å². The number of nitrogens with one attached hydrogen (secondary N) is 1. The minimum atomic E-state index is 0.0724. The number of benzene rings is 1. The first kappa shape index (κ1) is 17.3. The summed E-state index contributed by atoms with van der Waals surface area (Å²) in [5.41, 5.74) is 2.85. The number of aryl methyl sites for hydroxylation is 1. The zero-order chi connectivity index (χ0) is 16.8. The van der Waals surface area contributed by atoms with E-state index in [1.165, 1.54) is 43.4 Å². The number of likely N-dealkylation sites (tertiary alicyclic amines) is 1. The second kappa shape index (κ2) is 8.52. The molecular weight excluding hydrogens is 298 g/mol.